The minimum absolute atomic E-state index is 0.0960. The number of nitrogens with one attached hydrogen (secondary N) is 1. The molecule has 126 valence electrons. The highest BCUT2D eigenvalue weighted by Crippen LogP contribution is 2.13. The number of methoxy groups -OCH3 is 1. The predicted octanol–water partition coefficient (Wildman–Crippen LogP) is 2.66. The summed E-state index contributed by atoms with van der Waals surface area (Å²) in [5.41, 5.74) is 1.77. The first kappa shape index (κ1) is 17.5. The van der Waals surface area contributed by atoms with Crippen LogP contribution in [0.3, 0.4) is 0 Å². The minimum Gasteiger partial charge on any atom is -0.497 e. The van der Waals surface area contributed by atoms with Gasteiger partial charge >= 0.3 is 5.97 Å². The molecule has 1 amide bonds. The van der Waals surface area contributed by atoms with E-state index in [1.54, 1.807) is 31.4 Å². The third-order valence-electron chi connectivity index (χ3n) is 3.52. The molecule has 0 saturated heterocycles. The fourth-order valence-electron chi connectivity index (χ4n) is 2.25. The zero-order valence-electron chi connectivity index (χ0n) is 13.8. The molecule has 0 aromatic heterocycles. The molecule has 24 heavy (non-hydrogen) atoms. The molecule has 2 aromatic carbocycles. The van der Waals surface area contributed by atoms with Crippen LogP contribution in [-0.2, 0) is 20.7 Å². The van der Waals surface area contributed by atoms with E-state index in [0.717, 1.165) is 11.1 Å². The second-order valence-corrected chi connectivity index (χ2v) is 5.39. The third-order valence-corrected chi connectivity index (χ3v) is 3.52. The van der Waals surface area contributed by atoms with Crippen LogP contribution in [0.25, 0.3) is 0 Å². The highest BCUT2D eigenvalue weighted by molar-refractivity contribution is 5.81. The van der Waals surface area contributed by atoms with Crippen molar-refractivity contribution in [1.82, 2.24) is 5.32 Å². The van der Waals surface area contributed by atoms with E-state index in [2.05, 4.69) is 5.32 Å². The van der Waals surface area contributed by atoms with Gasteiger partial charge in [-0.25, -0.2) is 0 Å². The lowest BCUT2D eigenvalue weighted by Crippen LogP contribution is -2.31. The van der Waals surface area contributed by atoms with Crippen LogP contribution in [0, 0.1) is 0 Å². The summed E-state index contributed by atoms with van der Waals surface area (Å²) in [7, 11) is 1.57. The average Bonchev–Trinajstić information content (AvgIpc) is 2.61. The van der Waals surface area contributed by atoms with Crippen LogP contribution in [0.2, 0.25) is 0 Å². The number of amides is 1. The molecular formula is C19H21NO4. The molecular weight excluding hydrogens is 306 g/mol. The van der Waals surface area contributed by atoms with Crippen LogP contribution < -0.4 is 10.1 Å². The number of hydrogen-bond acceptors (Lipinski definition) is 4. The summed E-state index contributed by atoms with van der Waals surface area (Å²) in [4.78, 5) is 23.7. The highest BCUT2D eigenvalue weighted by Gasteiger charge is 2.12. The molecule has 5 nitrogen and oxygen atoms in total. The van der Waals surface area contributed by atoms with Gasteiger partial charge in [-0.1, -0.05) is 42.5 Å². The van der Waals surface area contributed by atoms with Gasteiger partial charge < -0.3 is 14.8 Å². The number of esters is 1. The largest absolute Gasteiger partial charge is 0.497 e. The smallest absolute Gasteiger partial charge is 0.310 e. The van der Waals surface area contributed by atoms with Crippen molar-refractivity contribution >= 4 is 11.9 Å². The molecule has 0 aliphatic heterocycles. The Morgan fingerprint density at radius 1 is 1.08 bits per heavy atom. The van der Waals surface area contributed by atoms with Gasteiger partial charge in [0.25, 0.3) is 5.91 Å². The van der Waals surface area contributed by atoms with Crippen LogP contribution in [-0.4, -0.2) is 25.6 Å². The Bertz CT molecular complexity index is 685. The number of benzene rings is 2. The van der Waals surface area contributed by atoms with Crippen molar-refractivity contribution in [3.8, 4) is 5.75 Å². The van der Waals surface area contributed by atoms with Gasteiger partial charge in [0.05, 0.1) is 19.6 Å². The van der Waals surface area contributed by atoms with E-state index in [1.807, 2.05) is 37.3 Å². The predicted molar refractivity (Wildman–Crippen MR) is 90.7 cm³/mol. The first-order chi connectivity index (χ1) is 11.6. The quantitative estimate of drug-likeness (QED) is 0.794. The lowest BCUT2D eigenvalue weighted by molar-refractivity contribution is -0.148. The molecule has 0 unspecified atom stereocenters. The second kappa shape index (κ2) is 8.72. The van der Waals surface area contributed by atoms with Gasteiger partial charge in [-0.2, -0.15) is 0 Å². The standard InChI is InChI=1S/C19H21NO4/c1-14(16-8-4-3-5-9-16)20-18(21)13-24-19(22)12-15-7-6-10-17(11-15)23-2/h3-11,14H,12-13H2,1-2H3,(H,20,21)/t14-/m1/s1. The Morgan fingerprint density at radius 2 is 1.83 bits per heavy atom. The highest BCUT2D eigenvalue weighted by atomic mass is 16.5. The van der Waals surface area contributed by atoms with Crippen LogP contribution in [0.1, 0.15) is 24.1 Å². The van der Waals surface area contributed by atoms with Gasteiger partial charge in [0.1, 0.15) is 5.75 Å². The molecule has 0 heterocycles. The molecule has 0 spiro atoms. The average molecular weight is 327 g/mol. The van der Waals surface area contributed by atoms with Gasteiger partial charge in [0.15, 0.2) is 6.61 Å². The van der Waals surface area contributed by atoms with Crippen LogP contribution >= 0.6 is 0 Å². The van der Waals surface area contributed by atoms with Gasteiger partial charge in [-0.05, 0) is 30.2 Å². The maximum Gasteiger partial charge on any atom is 0.310 e. The fraction of sp³-hybridized carbons (Fsp3) is 0.263. The van der Waals surface area contributed by atoms with Crippen LogP contribution in [0.4, 0.5) is 0 Å². The molecule has 0 radical (unpaired) electrons. The van der Waals surface area contributed by atoms with Crippen LogP contribution in [0.5, 0.6) is 5.75 Å². The maximum atomic E-state index is 11.9. The Hall–Kier alpha value is -2.82. The van der Waals surface area contributed by atoms with Crippen molar-refractivity contribution in [2.75, 3.05) is 13.7 Å². The Kier molecular flexibility index (Phi) is 6.37. The van der Waals surface area contributed by atoms with Crippen molar-refractivity contribution < 1.29 is 19.1 Å². The van der Waals surface area contributed by atoms with E-state index in [1.165, 1.54) is 0 Å². The summed E-state index contributed by atoms with van der Waals surface area (Å²) in [6.45, 7) is 1.59. The normalized spacial score (nSPS) is 11.4. The monoisotopic (exact) mass is 327 g/mol. The summed E-state index contributed by atoms with van der Waals surface area (Å²) in [6.07, 6.45) is 0.0960. The number of ether oxygens (including phenoxy) is 2. The zero-order valence-corrected chi connectivity index (χ0v) is 13.8. The summed E-state index contributed by atoms with van der Waals surface area (Å²) in [5.74, 6) is -0.106. The van der Waals surface area contributed by atoms with Crippen molar-refractivity contribution in [2.45, 2.75) is 19.4 Å². The van der Waals surface area contributed by atoms with E-state index < -0.39 is 5.97 Å². The van der Waals surface area contributed by atoms with Crippen molar-refractivity contribution in [3.63, 3.8) is 0 Å². The second-order valence-electron chi connectivity index (χ2n) is 5.39. The first-order valence-corrected chi connectivity index (χ1v) is 7.71. The van der Waals surface area contributed by atoms with E-state index in [4.69, 9.17) is 9.47 Å². The van der Waals surface area contributed by atoms with Gasteiger partial charge in [0.2, 0.25) is 0 Å². The van der Waals surface area contributed by atoms with E-state index in [-0.39, 0.29) is 25.0 Å². The number of carbonyl (C=O) groups is 2. The first-order valence-electron chi connectivity index (χ1n) is 7.71. The zero-order chi connectivity index (χ0) is 17.4. The van der Waals surface area contributed by atoms with Crippen molar-refractivity contribution in [2.24, 2.45) is 0 Å². The summed E-state index contributed by atoms with van der Waals surface area (Å²) in [5, 5.41) is 2.80. The fourth-order valence-corrected chi connectivity index (χ4v) is 2.25. The minimum atomic E-state index is -0.453. The number of hydrogen-bond donors (Lipinski definition) is 1. The summed E-state index contributed by atoms with van der Waals surface area (Å²) >= 11 is 0. The summed E-state index contributed by atoms with van der Waals surface area (Å²) in [6, 6.07) is 16.6. The Balaban J connectivity index is 1.77. The topological polar surface area (TPSA) is 64.6 Å². The number of carbonyl (C=O) groups excluding carboxylic acids is 2. The van der Waals surface area contributed by atoms with Gasteiger partial charge in [0, 0.05) is 0 Å². The lowest BCUT2D eigenvalue weighted by Gasteiger charge is -2.14. The van der Waals surface area contributed by atoms with E-state index >= 15 is 0 Å². The molecule has 0 aliphatic carbocycles. The van der Waals surface area contributed by atoms with E-state index in [9.17, 15) is 9.59 Å². The molecule has 0 bridgehead atoms. The SMILES string of the molecule is COc1cccc(CC(=O)OCC(=O)N[C@H](C)c2ccccc2)c1. The number of rotatable bonds is 7. The molecule has 0 fully saturated rings. The molecule has 1 atom stereocenters. The molecule has 2 aromatic rings. The van der Waals surface area contributed by atoms with E-state index in [0.29, 0.717) is 5.75 Å². The maximum absolute atomic E-state index is 11.9. The van der Waals surface area contributed by atoms with Gasteiger partial charge in [-0.3, -0.25) is 9.59 Å². The van der Waals surface area contributed by atoms with Crippen LogP contribution in [0.15, 0.2) is 54.6 Å². The molecule has 5 heteroatoms. The lowest BCUT2D eigenvalue weighted by atomic mass is 10.1. The molecule has 0 aliphatic rings. The van der Waals surface area contributed by atoms with Crippen molar-refractivity contribution in [1.29, 1.82) is 0 Å². The Morgan fingerprint density at radius 3 is 2.54 bits per heavy atom. The molecule has 2 rings (SSSR count). The molecule has 0 saturated carbocycles. The summed E-state index contributed by atoms with van der Waals surface area (Å²) < 4.78 is 10.1. The third kappa shape index (κ3) is 5.43. The van der Waals surface area contributed by atoms with Gasteiger partial charge in [-0.15, -0.1) is 0 Å². The Labute approximate surface area is 141 Å². The molecule has 1 N–H and O–H groups in total. The van der Waals surface area contributed by atoms with Crippen molar-refractivity contribution in [3.05, 3.63) is 65.7 Å².